The number of amides is 1. The second kappa shape index (κ2) is 11.2. The molecule has 1 aliphatic carbocycles. The molecule has 186 valence electrons. The van der Waals surface area contributed by atoms with Crippen LogP contribution in [0.3, 0.4) is 0 Å². The van der Waals surface area contributed by atoms with Gasteiger partial charge in [-0.2, -0.15) is 0 Å². The van der Waals surface area contributed by atoms with Gasteiger partial charge in [0.15, 0.2) is 5.96 Å². The van der Waals surface area contributed by atoms with E-state index in [0.717, 1.165) is 47.3 Å². The molecule has 0 aliphatic heterocycles. The van der Waals surface area contributed by atoms with Crippen LogP contribution in [0.25, 0.3) is 5.69 Å². The Kier molecular flexibility index (Phi) is 7.64. The zero-order valence-corrected chi connectivity index (χ0v) is 19.7. The molecule has 36 heavy (non-hydrogen) atoms. The van der Waals surface area contributed by atoms with Crippen LogP contribution in [0.2, 0.25) is 0 Å². The van der Waals surface area contributed by atoms with E-state index in [0.29, 0.717) is 30.3 Å². The first-order valence-electron chi connectivity index (χ1n) is 11.6. The number of anilines is 3. The van der Waals surface area contributed by atoms with Gasteiger partial charge in [-0.25, -0.2) is 4.99 Å². The molecule has 0 saturated carbocycles. The quantitative estimate of drug-likeness (QED) is 0.134. The molecule has 0 bridgehead atoms. The van der Waals surface area contributed by atoms with E-state index in [9.17, 15) is 19.5 Å². The molecule has 0 atom stereocenters. The number of para-hydroxylation sites is 1. The molecule has 0 unspecified atom stereocenters. The maximum Gasteiger partial charge on any atom is 0.322 e. The third-order valence-electron chi connectivity index (χ3n) is 5.92. The summed E-state index contributed by atoms with van der Waals surface area (Å²) in [6, 6.07) is 13.3. The number of carbonyl (C=O) groups is 3. The molecule has 10 nitrogen and oxygen atoms in total. The van der Waals surface area contributed by atoms with Gasteiger partial charge < -0.3 is 31.4 Å². The Labute approximate surface area is 208 Å². The molecule has 0 spiro atoms. The second-order valence-corrected chi connectivity index (χ2v) is 8.46. The number of carbonyl (C=O) groups excluding carboxylic acids is 2. The SMILES string of the molecule is NC(=NCc1ccn(-c2cc(NCC(=O)O)c(NC(=O)C=O)c3c2CCCC3)c1)Nc1ccccc1. The monoisotopic (exact) mass is 488 g/mol. The van der Waals surface area contributed by atoms with Crippen LogP contribution in [0.15, 0.2) is 59.9 Å². The first-order chi connectivity index (χ1) is 17.4. The summed E-state index contributed by atoms with van der Waals surface area (Å²) in [5.41, 5.74) is 11.6. The van der Waals surface area contributed by atoms with Gasteiger partial charge in [0.2, 0.25) is 6.29 Å². The van der Waals surface area contributed by atoms with Gasteiger partial charge in [-0.05, 0) is 66.6 Å². The van der Waals surface area contributed by atoms with Crippen molar-refractivity contribution in [1.29, 1.82) is 0 Å². The van der Waals surface area contributed by atoms with Gasteiger partial charge in [-0.15, -0.1) is 0 Å². The summed E-state index contributed by atoms with van der Waals surface area (Å²) in [5, 5.41) is 17.8. The number of aliphatic imine (C=N–C) groups is 1. The minimum atomic E-state index is -1.04. The molecule has 10 heteroatoms. The molecule has 3 aromatic rings. The summed E-state index contributed by atoms with van der Waals surface area (Å²) in [5.74, 6) is -1.51. The molecule has 1 aromatic heterocycles. The fourth-order valence-electron chi connectivity index (χ4n) is 4.33. The normalized spacial score (nSPS) is 12.9. The van der Waals surface area contributed by atoms with Gasteiger partial charge in [0.05, 0.1) is 23.6 Å². The van der Waals surface area contributed by atoms with E-state index in [-0.39, 0.29) is 12.8 Å². The van der Waals surface area contributed by atoms with Crippen molar-refractivity contribution in [2.24, 2.45) is 10.7 Å². The van der Waals surface area contributed by atoms with Crippen LogP contribution < -0.4 is 21.7 Å². The van der Waals surface area contributed by atoms with Crippen molar-refractivity contribution < 1.29 is 19.5 Å². The standard InChI is InChI=1S/C26H28N6O4/c27-26(30-18-6-2-1-3-7-18)29-13-17-10-11-32(15-17)22-12-21(28-14-24(35)36)25(31-23(34)16-33)20-9-5-4-8-19(20)22/h1-3,6-7,10-12,15-16,28H,4-5,8-9,13-14H2,(H,31,34)(H,35,36)(H3,27,29,30). The number of fused-ring (bicyclic) bond motifs is 1. The number of rotatable bonds is 9. The van der Waals surface area contributed by atoms with Crippen molar-refractivity contribution in [2.75, 3.05) is 22.5 Å². The Morgan fingerprint density at radius 1 is 1.08 bits per heavy atom. The van der Waals surface area contributed by atoms with Gasteiger partial charge in [-0.1, -0.05) is 18.2 Å². The number of carboxylic acid groups (broad SMARTS) is 1. The molecular weight excluding hydrogens is 460 g/mol. The smallest absolute Gasteiger partial charge is 0.322 e. The number of nitrogens with two attached hydrogens (primary N) is 1. The Morgan fingerprint density at radius 3 is 2.56 bits per heavy atom. The lowest BCUT2D eigenvalue weighted by Crippen LogP contribution is -2.22. The zero-order valence-electron chi connectivity index (χ0n) is 19.7. The number of carboxylic acids is 1. The number of benzene rings is 2. The van der Waals surface area contributed by atoms with Gasteiger partial charge in [0.1, 0.15) is 6.54 Å². The summed E-state index contributed by atoms with van der Waals surface area (Å²) in [6.45, 7) is 0.0416. The zero-order chi connectivity index (χ0) is 25.5. The van der Waals surface area contributed by atoms with Crippen LogP contribution in [-0.2, 0) is 33.8 Å². The molecule has 0 saturated heterocycles. The Balaban J connectivity index is 1.64. The minimum Gasteiger partial charge on any atom is -0.480 e. The third-order valence-corrected chi connectivity index (χ3v) is 5.92. The van der Waals surface area contributed by atoms with Crippen molar-refractivity contribution in [1.82, 2.24) is 4.57 Å². The minimum absolute atomic E-state index is 0.210. The fourth-order valence-corrected chi connectivity index (χ4v) is 4.33. The molecule has 1 amide bonds. The lowest BCUT2D eigenvalue weighted by atomic mass is 9.88. The summed E-state index contributed by atoms with van der Waals surface area (Å²) < 4.78 is 1.97. The highest BCUT2D eigenvalue weighted by molar-refractivity contribution is 6.30. The Hall–Kier alpha value is -4.60. The number of aromatic nitrogens is 1. The number of hydrogen-bond acceptors (Lipinski definition) is 5. The van der Waals surface area contributed by atoms with E-state index in [1.807, 2.05) is 59.4 Å². The van der Waals surface area contributed by atoms with Crippen LogP contribution in [0.5, 0.6) is 0 Å². The van der Waals surface area contributed by atoms with E-state index >= 15 is 0 Å². The molecule has 1 aliphatic rings. The van der Waals surface area contributed by atoms with Crippen molar-refractivity contribution in [3.05, 3.63) is 71.5 Å². The number of aliphatic carboxylic acids is 1. The van der Waals surface area contributed by atoms with E-state index < -0.39 is 11.9 Å². The Morgan fingerprint density at radius 2 is 1.83 bits per heavy atom. The van der Waals surface area contributed by atoms with Crippen molar-refractivity contribution in [3.8, 4) is 5.69 Å². The van der Waals surface area contributed by atoms with Crippen molar-refractivity contribution in [2.45, 2.75) is 32.2 Å². The summed E-state index contributed by atoms with van der Waals surface area (Å²) in [4.78, 5) is 38.5. The van der Waals surface area contributed by atoms with Gasteiger partial charge in [-0.3, -0.25) is 14.4 Å². The Bertz CT molecular complexity index is 1300. The summed E-state index contributed by atoms with van der Waals surface area (Å²) in [7, 11) is 0. The highest BCUT2D eigenvalue weighted by Crippen LogP contribution is 2.38. The van der Waals surface area contributed by atoms with Crippen LogP contribution in [0, 0.1) is 0 Å². The van der Waals surface area contributed by atoms with E-state index in [2.05, 4.69) is 20.9 Å². The number of nitrogens with zero attached hydrogens (tertiary/aromatic N) is 2. The highest BCUT2D eigenvalue weighted by Gasteiger charge is 2.23. The van der Waals surface area contributed by atoms with Gasteiger partial charge in [0.25, 0.3) is 5.91 Å². The first kappa shape index (κ1) is 24.5. The van der Waals surface area contributed by atoms with Crippen LogP contribution in [0.4, 0.5) is 17.1 Å². The van der Waals surface area contributed by atoms with Gasteiger partial charge >= 0.3 is 5.97 Å². The fraction of sp³-hybridized carbons (Fsp3) is 0.231. The van der Waals surface area contributed by atoms with Gasteiger partial charge in [0, 0.05) is 18.1 Å². The van der Waals surface area contributed by atoms with Crippen LogP contribution in [0.1, 0.15) is 29.5 Å². The first-order valence-corrected chi connectivity index (χ1v) is 11.6. The van der Waals surface area contributed by atoms with E-state index in [4.69, 9.17) is 5.73 Å². The maximum atomic E-state index is 11.9. The molecular formula is C26H28N6O4. The van der Waals surface area contributed by atoms with Crippen molar-refractivity contribution >= 4 is 41.2 Å². The molecule has 6 N–H and O–H groups in total. The molecule has 1 heterocycles. The van der Waals surface area contributed by atoms with E-state index in [1.165, 1.54) is 0 Å². The number of guanidine groups is 1. The predicted molar refractivity (Wildman–Crippen MR) is 139 cm³/mol. The third kappa shape index (κ3) is 5.90. The number of nitrogens with one attached hydrogen (secondary N) is 3. The number of aldehydes is 1. The number of hydrogen-bond donors (Lipinski definition) is 5. The maximum absolute atomic E-state index is 11.9. The van der Waals surface area contributed by atoms with Crippen LogP contribution >= 0.6 is 0 Å². The average Bonchev–Trinajstić information content (AvgIpc) is 3.36. The lowest BCUT2D eigenvalue weighted by molar-refractivity contribution is -0.134. The molecule has 0 radical (unpaired) electrons. The largest absolute Gasteiger partial charge is 0.480 e. The average molecular weight is 489 g/mol. The second-order valence-electron chi connectivity index (χ2n) is 8.46. The molecule has 0 fully saturated rings. The predicted octanol–water partition coefficient (Wildman–Crippen LogP) is 2.92. The molecule has 2 aromatic carbocycles. The highest BCUT2D eigenvalue weighted by atomic mass is 16.4. The van der Waals surface area contributed by atoms with Crippen molar-refractivity contribution in [3.63, 3.8) is 0 Å². The van der Waals surface area contributed by atoms with Crippen LogP contribution in [-0.4, -0.2) is 40.3 Å². The lowest BCUT2D eigenvalue weighted by Gasteiger charge is -2.26. The summed E-state index contributed by atoms with van der Waals surface area (Å²) in [6.07, 6.45) is 7.50. The molecule has 4 rings (SSSR count). The topological polar surface area (TPSA) is 151 Å². The van der Waals surface area contributed by atoms with E-state index in [1.54, 1.807) is 0 Å². The summed E-state index contributed by atoms with van der Waals surface area (Å²) >= 11 is 0.